The van der Waals surface area contributed by atoms with Gasteiger partial charge in [0.05, 0.1) is 12.5 Å². The van der Waals surface area contributed by atoms with Crippen molar-refractivity contribution in [1.29, 1.82) is 0 Å². The minimum atomic E-state index is -1.41. The number of aliphatic imine (C=N–C) groups is 2. The van der Waals surface area contributed by atoms with Crippen LogP contribution in [0.2, 0.25) is 0 Å². The summed E-state index contributed by atoms with van der Waals surface area (Å²) in [6.45, 7) is 8.78. The van der Waals surface area contributed by atoms with Gasteiger partial charge >= 0.3 is 11.9 Å². The SMILES string of the molecule is CC(C)C[C@H](NC(=O)[C@@H](N)CC(=O)O)C(=O)N1CCC[C@H]1C(=O)N[C@H](C(=O)N[C@@H](CCCCN)C(=O)N[C@@H](CCCN=C(N)N)C(=O)N[C@@H](CCCN=C(N)N)C(=O)N[C@@H](C)C(=O)O)C(C)C. The van der Waals surface area contributed by atoms with Crippen LogP contribution in [-0.4, -0.2) is 155 Å². The Labute approximate surface area is 390 Å². The number of carboxylic acid groups (broad SMARTS) is 2. The maximum atomic E-state index is 14.1. The lowest BCUT2D eigenvalue weighted by Crippen LogP contribution is -2.60. The van der Waals surface area contributed by atoms with Gasteiger partial charge in [-0.3, -0.25) is 53.1 Å². The highest BCUT2D eigenvalue weighted by Gasteiger charge is 2.40. The van der Waals surface area contributed by atoms with Crippen molar-refractivity contribution >= 4 is 65.2 Å². The molecule has 1 aliphatic rings. The molecule has 1 rings (SSSR count). The number of guanidine groups is 2. The zero-order valence-corrected chi connectivity index (χ0v) is 39.3. The number of carboxylic acids is 2. The highest BCUT2D eigenvalue weighted by atomic mass is 16.4. The van der Waals surface area contributed by atoms with E-state index in [1.165, 1.54) is 11.8 Å². The zero-order chi connectivity index (χ0) is 51.0. The van der Waals surface area contributed by atoms with Crippen molar-refractivity contribution in [3.8, 4) is 0 Å². The molecule has 7 amide bonds. The molecule has 0 unspecified atom stereocenters. The molecule has 0 radical (unpaired) electrons. The number of unbranched alkanes of at least 4 members (excludes halogenated alkanes) is 1. The number of nitrogens with two attached hydrogens (primary N) is 6. The first-order chi connectivity index (χ1) is 31.4. The van der Waals surface area contributed by atoms with Crippen LogP contribution >= 0.6 is 0 Å². The summed E-state index contributed by atoms with van der Waals surface area (Å²) in [5, 5.41) is 34.0. The molecular formula is C41H75N15O11. The number of carbonyl (C=O) groups is 9. The molecule has 26 nitrogen and oxygen atoms in total. The number of nitrogens with one attached hydrogen (secondary N) is 6. The van der Waals surface area contributed by atoms with Crippen molar-refractivity contribution in [3.63, 3.8) is 0 Å². The average molecular weight is 954 g/mol. The highest BCUT2D eigenvalue weighted by molar-refractivity contribution is 5.98. The summed E-state index contributed by atoms with van der Waals surface area (Å²) in [5.74, 6) is -8.92. The van der Waals surface area contributed by atoms with Crippen LogP contribution in [0, 0.1) is 11.8 Å². The molecule has 380 valence electrons. The Balaban J connectivity index is 3.41. The zero-order valence-electron chi connectivity index (χ0n) is 39.3. The molecule has 0 aliphatic carbocycles. The summed E-state index contributed by atoms with van der Waals surface area (Å²) < 4.78 is 0. The summed E-state index contributed by atoms with van der Waals surface area (Å²) in [5.41, 5.74) is 33.2. The van der Waals surface area contributed by atoms with Gasteiger partial charge < -0.3 is 81.4 Å². The number of amides is 7. The lowest BCUT2D eigenvalue weighted by molar-refractivity contribution is -0.143. The van der Waals surface area contributed by atoms with Crippen LogP contribution in [0.4, 0.5) is 0 Å². The predicted molar refractivity (Wildman–Crippen MR) is 247 cm³/mol. The third kappa shape index (κ3) is 22.2. The fourth-order valence-electron chi connectivity index (χ4n) is 7.03. The molecule has 0 saturated carbocycles. The number of hydrogen-bond acceptors (Lipinski definition) is 13. The van der Waals surface area contributed by atoms with Gasteiger partial charge in [0.1, 0.15) is 42.3 Å². The van der Waals surface area contributed by atoms with Crippen LogP contribution in [-0.2, 0) is 43.2 Å². The maximum absolute atomic E-state index is 14.1. The minimum Gasteiger partial charge on any atom is -0.481 e. The standard InChI is InChI=1S/C41H75N15O11/c1-21(2)19-28(54-32(59)24(43)20-30(57)58)38(65)56-18-10-14-29(56)36(63)55-31(22(3)4)37(64)53-25(11-6-7-15-42)34(61)52-27(13-9-17-49-41(46)47)35(62)51-26(12-8-16-48-40(44)45)33(60)50-23(5)39(66)67/h21-29,31H,6-20,42-43H2,1-5H3,(H,50,60)(H,51,62)(H,52,61)(H,53,64)(H,54,59)(H,55,63)(H,57,58)(H,66,67)(H4,44,45,48)(H4,46,47,49)/t23-,24-,25-,26-,27-,28-,29-,31-/m0/s1. The second kappa shape index (κ2) is 30.1. The first-order valence-corrected chi connectivity index (χ1v) is 22.5. The number of likely N-dealkylation sites (tertiary alicyclic amines) is 1. The molecule has 20 N–H and O–H groups in total. The van der Waals surface area contributed by atoms with E-state index in [2.05, 4.69) is 41.9 Å². The summed E-state index contributed by atoms with van der Waals surface area (Å²) >= 11 is 0. The Kier molecular flexibility index (Phi) is 26.3. The number of aliphatic carboxylic acids is 2. The van der Waals surface area contributed by atoms with Crippen LogP contribution < -0.4 is 66.3 Å². The van der Waals surface area contributed by atoms with E-state index in [0.717, 1.165) is 0 Å². The van der Waals surface area contributed by atoms with Gasteiger partial charge in [-0.1, -0.05) is 27.7 Å². The van der Waals surface area contributed by atoms with Gasteiger partial charge in [-0.25, -0.2) is 0 Å². The van der Waals surface area contributed by atoms with Gasteiger partial charge in [-0.2, -0.15) is 0 Å². The fourth-order valence-corrected chi connectivity index (χ4v) is 7.03. The molecule has 1 aliphatic heterocycles. The van der Waals surface area contributed by atoms with E-state index < -0.39 is 114 Å². The molecule has 1 heterocycles. The lowest BCUT2D eigenvalue weighted by atomic mass is 10.00. The average Bonchev–Trinajstić information content (AvgIpc) is 3.73. The summed E-state index contributed by atoms with van der Waals surface area (Å²) in [6.07, 6.45) is 1.35. The second-order valence-corrected chi connectivity index (χ2v) is 17.2. The molecule has 0 spiro atoms. The molecule has 0 aromatic heterocycles. The number of nitrogens with zero attached hydrogens (tertiary/aromatic N) is 3. The van der Waals surface area contributed by atoms with Crippen molar-refractivity contribution in [2.75, 3.05) is 26.2 Å². The van der Waals surface area contributed by atoms with Crippen LogP contribution in [0.1, 0.15) is 105 Å². The van der Waals surface area contributed by atoms with Crippen LogP contribution in [0.3, 0.4) is 0 Å². The molecule has 0 aromatic rings. The quantitative estimate of drug-likeness (QED) is 0.0178. The van der Waals surface area contributed by atoms with Crippen LogP contribution in [0.5, 0.6) is 0 Å². The summed E-state index contributed by atoms with van der Waals surface area (Å²) in [4.78, 5) is 128. The second-order valence-electron chi connectivity index (χ2n) is 17.2. The monoisotopic (exact) mass is 954 g/mol. The van der Waals surface area contributed by atoms with E-state index in [4.69, 9.17) is 39.5 Å². The topological polar surface area (TPSA) is 450 Å². The van der Waals surface area contributed by atoms with Crippen molar-refractivity contribution in [2.45, 2.75) is 154 Å². The van der Waals surface area contributed by atoms with Crippen molar-refractivity contribution in [1.82, 2.24) is 36.8 Å². The highest BCUT2D eigenvalue weighted by Crippen LogP contribution is 2.21. The van der Waals surface area contributed by atoms with Crippen molar-refractivity contribution in [3.05, 3.63) is 0 Å². The van der Waals surface area contributed by atoms with Gasteiger partial charge in [0.2, 0.25) is 41.4 Å². The van der Waals surface area contributed by atoms with Gasteiger partial charge in [0.15, 0.2) is 11.9 Å². The predicted octanol–water partition coefficient (Wildman–Crippen LogP) is -4.27. The van der Waals surface area contributed by atoms with Crippen LogP contribution in [0.15, 0.2) is 9.98 Å². The molecule has 0 bridgehead atoms. The molecular weight excluding hydrogens is 879 g/mol. The van der Waals surface area contributed by atoms with Gasteiger partial charge in [0, 0.05) is 19.6 Å². The Morgan fingerprint density at radius 3 is 1.57 bits per heavy atom. The smallest absolute Gasteiger partial charge is 0.325 e. The van der Waals surface area contributed by atoms with Gasteiger partial charge in [-0.15, -0.1) is 0 Å². The van der Waals surface area contributed by atoms with Gasteiger partial charge in [0.25, 0.3) is 0 Å². The minimum absolute atomic E-state index is 0.0272. The summed E-state index contributed by atoms with van der Waals surface area (Å²) in [7, 11) is 0. The maximum Gasteiger partial charge on any atom is 0.325 e. The third-order valence-electron chi connectivity index (χ3n) is 10.6. The molecule has 67 heavy (non-hydrogen) atoms. The van der Waals surface area contributed by atoms with E-state index in [0.29, 0.717) is 19.3 Å². The molecule has 26 heteroatoms. The molecule has 1 fully saturated rings. The van der Waals surface area contributed by atoms with Crippen molar-refractivity contribution in [2.24, 2.45) is 56.2 Å². The Bertz CT molecular complexity index is 1750. The number of carbonyl (C=O) groups excluding carboxylic acids is 7. The largest absolute Gasteiger partial charge is 0.481 e. The molecule has 0 aromatic carbocycles. The normalized spacial score (nSPS) is 16.5. The number of hydrogen-bond donors (Lipinski definition) is 14. The van der Waals surface area contributed by atoms with E-state index in [-0.39, 0.29) is 89.0 Å². The van der Waals surface area contributed by atoms with E-state index in [9.17, 15) is 48.3 Å². The van der Waals surface area contributed by atoms with Crippen LogP contribution in [0.25, 0.3) is 0 Å². The first kappa shape index (κ1) is 58.7. The summed E-state index contributed by atoms with van der Waals surface area (Å²) in [6, 6.07) is -9.98. The van der Waals surface area contributed by atoms with Gasteiger partial charge in [-0.05, 0) is 89.5 Å². The Morgan fingerprint density at radius 1 is 0.642 bits per heavy atom. The lowest BCUT2D eigenvalue weighted by Gasteiger charge is -2.32. The fraction of sp³-hybridized carbons (Fsp3) is 0.732. The third-order valence-corrected chi connectivity index (χ3v) is 10.6. The van der Waals surface area contributed by atoms with Crippen molar-refractivity contribution < 1.29 is 53.4 Å². The Morgan fingerprint density at radius 2 is 1.12 bits per heavy atom. The van der Waals surface area contributed by atoms with E-state index >= 15 is 0 Å². The molecule has 1 saturated heterocycles. The van der Waals surface area contributed by atoms with E-state index in [1.807, 2.05) is 13.8 Å². The van der Waals surface area contributed by atoms with E-state index in [1.54, 1.807) is 13.8 Å². The molecule has 8 atom stereocenters. The first-order valence-electron chi connectivity index (χ1n) is 22.5. The Hall–Kier alpha value is -6.31. The number of rotatable bonds is 31.